The number of hydrogen-bond acceptors (Lipinski definition) is 3. The van der Waals surface area contributed by atoms with E-state index >= 15 is 0 Å². The second-order valence-electron chi connectivity index (χ2n) is 4.27. The topological polar surface area (TPSA) is 74.7 Å². The van der Waals surface area contributed by atoms with Crippen molar-refractivity contribution in [2.24, 2.45) is 5.92 Å². The van der Waals surface area contributed by atoms with Crippen LogP contribution in [0.1, 0.15) is 25.7 Å². The molecule has 15 heavy (non-hydrogen) atoms. The van der Waals surface area contributed by atoms with E-state index < -0.39 is 12.0 Å². The van der Waals surface area contributed by atoms with Crippen molar-refractivity contribution in [3.05, 3.63) is 0 Å². The van der Waals surface area contributed by atoms with Crippen LogP contribution in [0.4, 0.5) is 0 Å². The molecule has 0 aromatic heterocycles. The van der Waals surface area contributed by atoms with Crippen LogP contribution in [-0.2, 0) is 14.4 Å². The van der Waals surface area contributed by atoms with Gasteiger partial charge in [0.05, 0.1) is 13.0 Å². The van der Waals surface area contributed by atoms with Gasteiger partial charge in [0.15, 0.2) is 5.78 Å². The highest BCUT2D eigenvalue weighted by molar-refractivity contribution is 6.06. The van der Waals surface area contributed by atoms with Crippen molar-refractivity contribution >= 4 is 17.7 Å². The van der Waals surface area contributed by atoms with Crippen LogP contribution >= 0.6 is 0 Å². The molecular formula is C10H13NO4. The summed E-state index contributed by atoms with van der Waals surface area (Å²) in [6.07, 6.45) is 2.45. The van der Waals surface area contributed by atoms with E-state index in [0.717, 1.165) is 12.8 Å². The molecule has 1 unspecified atom stereocenters. The first-order chi connectivity index (χ1) is 7.08. The van der Waals surface area contributed by atoms with Crippen LogP contribution in [0, 0.1) is 5.92 Å². The number of aliphatic carboxylic acids is 1. The Balaban J connectivity index is 2.05. The van der Waals surface area contributed by atoms with E-state index in [0.29, 0.717) is 12.3 Å². The molecule has 5 nitrogen and oxygen atoms in total. The SMILES string of the molecule is O=C1CC(=O)N(C(CC2CC2)C(=O)O)C1. The molecule has 82 valence electrons. The van der Waals surface area contributed by atoms with Gasteiger partial charge in [-0.1, -0.05) is 12.8 Å². The van der Waals surface area contributed by atoms with Gasteiger partial charge in [0.2, 0.25) is 5.91 Å². The fraction of sp³-hybridized carbons (Fsp3) is 0.700. The standard InChI is InChI=1S/C10H13NO4/c12-7-4-9(13)11(5-7)8(10(14)15)3-6-1-2-6/h6,8H,1-5H2,(H,14,15). The molecule has 1 heterocycles. The van der Waals surface area contributed by atoms with Gasteiger partial charge in [0, 0.05) is 0 Å². The molecule has 0 spiro atoms. The number of amides is 1. The molecule has 0 bridgehead atoms. The zero-order chi connectivity index (χ0) is 11.0. The third kappa shape index (κ3) is 2.16. The molecule has 1 saturated carbocycles. The second-order valence-corrected chi connectivity index (χ2v) is 4.27. The minimum Gasteiger partial charge on any atom is -0.480 e. The number of rotatable bonds is 4. The number of carbonyl (C=O) groups excluding carboxylic acids is 2. The maximum Gasteiger partial charge on any atom is 0.326 e. The van der Waals surface area contributed by atoms with Gasteiger partial charge in [-0.15, -0.1) is 0 Å². The van der Waals surface area contributed by atoms with Crippen molar-refractivity contribution in [2.45, 2.75) is 31.7 Å². The van der Waals surface area contributed by atoms with Crippen LogP contribution in [0.25, 0.3) is 0 Å². The molecular weight excluding hydrogens is 198 g/mol. The van der Waals surface area contributed by atoms with E-state index in [2.05, 4.69) is 0 Å². The number of nitrogens with zero attached hydrogens (tertiary/aromatic N) is 1. The largest absolute Gasteiger partial charge is 0.480 e. The van der Waals surface area contributed by atoms with Gasteiger partial charge < -0.3 is 10.0 Å². The third-order valence-corrected chi connectivity index (χ3v) is 2.93. The second kappa shape index (κ2) is 3.64. The van der Waals surface area contributed by atoms with Crippen molar-refractivity contribution < 1.29 is 19.5 Å². The summed E-state index contributed by atoms with van der Waals surface area (Å²) in [6.45, 7) is -0.0253. The summed E-state index contributed by atoms with van der Waals surface area (Å²) in [5, 5.41) is 9.01. The molecule has 1 aliphatic heterocycles. The predicted octanol–water partition coefficient (Wildman–Crippen LogP) is 0.0411. The van der Waals surface area contributed by atoms with E-state index in [1.807, 2.05) is 0 Å². The Morgan fingerprint density at radius 2 is 2.13 bits per heavy atom. The summed E-state index contributed by atoms with van der Waals surface area (Å²) in [6, 6.07) is -0.795. The Labute approximate surface area is 87.1 Å². The molecule has 2 fully saturated rings. The molecule has 2 aliphatic rings. The quantitative estimate of drug-likeness (QED) is 0.666. The van der Waals surface area contributed by atoms with Crippen molar-refractivity contribution in [1.29, 1.82) is 0 Å². The smallest absolute Gasteiger partial charge is 0.326 e. The zero-order valence-electron chi connectivity index (χ0n) is 8.31. The summed E-state index contributed by atoms with van der Waals surface area (Å²) in [4.78, 5) is 34.6. The number of carbonyl (C=O) groups is 3. The van der Waals surface area contributed by atoms with Crippen LogP contribution in [0.3, 0.4) is 0 Å². The minimum atomic E-state index is -0.995. The van der Waals surface area contributed by atoms with Gasteiger partial charge in [-0.25, -0.2) is 4.79 Å². The first-order valence-corrected chi connectivity index (χ1v) is 5.12. The van der Waals surface area contributed by atoms with E-state index in [9.17, 15) is 14.4 Å². The van der Waals surface area contributed by atoms with Gasteiger partial charge in [-0.3, -0.25) is 9.59 Å². The molecule has 1 amide bonds. The van der Waals surface area contributed by atoms with Crippen LogP contribution in [-0.4, -0.2) is 40.3 Å². The lowest BCUT2D eigenvalue weighted by Crippen LogP contribution is -2.42. The molecule has 0 radical (unpaired) electrons. The predicted molar refractivity (Wildman–Crippen MR) is 50.1 cm³/mol. The summed E-state index contributed by atoms with van der Waals surface area (Å²) in [5.74, 6) is -1.09. The number of hydrogen-bond donors (Lipinski definition) is 1. The molecule has 1 atom stereocenters. The Morgan fingerprint density at radius 3 is 2.53 bits per heavy atom. The molecule has 1 saturated heterocycles. The van der Waals surface area contributed by atoms with E-state index in [4.69, 9.17) is 5.11 Å². The highest BCUT2D eigenvalue weighted by Crippen LogP contribution is 2.35. The zero-order valence-corrected chi connectivity index (χ0v) is 8.31. The number of carboxylic acid groups (broad SMARTS) is 1. The lowest BCUT2D eigenvalue weighted by Gasteiger charge is -2.23. The maximum atomic E-state index is 11.4. The summed E-state index contributed by atoms with van der Waals surface area (Å²) >= 11 is 0. The fourth-order valence-corrected chi connectivity index (χ4v) is 1.92. The number of carboxylic acids is 1. The van der Waals surface area contributed by atoms with Crippen LogP contribution in [0.5, 0.6) is 0 Å². The van der Waals surface area contributed by atoms with E-state index in [-0.39, 0.29) is 24.7 Å². The number of likely N-dealkylation sites (tertiary alicyclic amines) is 1. The highest BCUT2D eigenvalue weighted by Gasteiger charge is 2.39. The summed E-state index contributed by atoms with van der Waals surface area (Å²) in [5.41, 5.74) is 0. The van der Waals surface area contributed by atoms with Gasteiger partial charge in [-0.2, -0.15) is 0 Å². The Morgan fingerprint density at radius 1 is 1.47 bits per heavy atom. The molecule has 1 aliphatic carbocycles. The number of Topliss-reactive ketones (excluding diaryl/α,β-unsaturated/α-hetero) is 1. The first-order valence-electron chi connectivity index (χ1n) is 5.12. The molecule has 5 heteroatoms. The molecule has 2 rings (SSSR count). The number of ketones is 1. The van der Waals surface area contributed by atoms with E-state index in [1.165, 1.54) is 4.90 Å². The van der Waals surface area contributed by atoms with Gasteiger partial charge in [0.25, 0.3) is 0 Å². The van der Waals surface area contributed by atoms with Crippen LogP contribution < -0.4 is 0 Å². The summed E-state index contributed by atoms with van der Waals surface area (Å²) < 4.78 is 0. The van der Waals surface area contributed by atoms with Crippen molar-refractivity contribution in [2.75, 3.05) is 6.54 Å². The maximum absolute atomic E-state index is 11.4. The average Bonchev–Trinajstić information content (AvgIpc) is 2.88. The first kappa shape index (κ1) is 10.1. The van der Waals surface area contributed by atoms with Crippen molar-refractivity contribution in [3.63, 3.8) is 0 Å². The Kier molecular flexibility index (Phi) is 2.46. The van der Waals surface area contributed by atoms with Gasteiger partial charge in [0.1, 0.15) is 6.04 Å². The summed E-state index contributed by atoms with van der Waals surface area (Å²) in [7, 11) is 0. The molecule has 0 aromatic rings. The lowest BCUT2D eigenvalue weighted by molar-refractivity contribution is -0.148. The van der Waals surface area contributed by atoms with Crippen LogP contribution in [0.15, 0.2) is 0 Å². The van der Waals surface area contributed by atoms with E-state index in [1.54, 1.807) is 0 Å². The Bertz CT molecular complexity index is 321. The Hall–Kier alpha value is -1.39. The highest BCUT2D eigenvalue weighted by atomic mass is 16.4. The minimum absolute atomic E-state index is 0.0253. The van der Waals surface area contributed by atoms with Gasteiger partial charge in [-0.05, 0) is 12.3 Å². The molecule has 0 aromatic carbocycles. The van der Waals surface area contributed by atoms with Crippen molar-refractivity contribution in [1.82, 2.24) is 4.90 Å². The monoisotopic (exact) mass is 211 g/mol. The fourth-order valence-electron chi connectivity index (χ4n) is 1.92. The lowest BCUT2D eigenvalue weighted by atomic mass is 10.1. The van der Waals surface area contributed by atoms with Gasteiger partial charge >= 0.3 is 5.97 Å². The van der Waals surface area contributed by atoms with Crippen molar-refractivity contribution in [3.8, 4) is 0 Å². The van der Waals surface area contributed by atoms with Crippen LogP contribution in [0.2, 0.25) is 0 Å². The third-order valence-electron chi connectivity index (χ3n) is 2.93. The molecule has 1 N–H and O–H groups in total. The average molecular weight is 211 g/mol. The normalized spacial score (nSPS) is 23.3.